The van der Waals surface area contributed by atoms with Crippen molar-refractivity contribution in [2.24, 2.45) is 5.92 Å². The van der Waals surface area contributed by atoms with Gasteiger partial charge in [-0.3, -0.25) is 4.79 Å². The fourth-order valence-corrected chi connectivity index (χ4v) is 4.38. The largest absolute Gasteiger partial charge is 0.478 e. The van der Waals surface area contributed by atoms with E-state index in [2.05, 4.69) is 32.9 Å². The third-order valence-electron chi connectivity index (χ3n) is 5.85. The summed E-state index contributed by atoms with van der Waals surface area (Å²) in [5, 5.41) is 9.81. The van der Waals surface area contributed by atoms with Crippen LogP contribution in [0.2, 0.25) is 0 Å². The second-order valence-corrected chi connectivity index (χ2v) is 8.98. The number of hydrogen-bond acceptors (Lipinski definition) is 4. The zero-order chi connectivity index (χ0) is 22.1. The minimum absolute atomic E-state index is 0.0352. The number of allylic oxidation sites excluding steroid dienone is 4. The number of ketones is 1. The fourth-order valence-electron chi connectivity index (χ4n) is 4.38. The molecule has 3 rings (SSSR count). The molecular weight excluding hydrogens is 380 g/mol. The molecule has 0 aromatic rings. The number of Topliss-reactive ketones (excluding diaryl/α,β-unsaturated/α-hetero) is 1. The van der Waals surface area contributed by atoms with E-state index in [1.54, 1.807) is 19.1 Å². The van der Waals surface area contributed by atoms with Crippen molar-refractivity contribution in [3.05, 3.63) is 58.2 Å². The molecule has 0 aromatic heterocycles. The highest BCUT2D eigenvalue weighted by Gasteiger charge is 2.47. The molecule has 3 aliphatic rings. The monoisotopic (exact) mass is 412 g/mol. The minimum Gasteiger partial charge on any atom is -0.478 e. The Bertz CT molecular complexity index is 881. The minimum atomic E-state index is -1.23. The molecule has 4 atom stereocenters. The number of carboxylic acid groups (broad SMARTS) is 1. The molecule has 2 aliphatic heterocycles. The number of rotatable bonds is 5. The molecule has 0 unspecified atom stereocenters. The summed E-state index contributed by atoms with van der Waals surface area (Å²) in [6.07, 6.45) is 11.6. The third kappa shape index (κ3) is 5.08. The molecule has 5 heteroatoms. The van der Waals surface area contributed by atoms with E-state index < -0.39 is 23.8 Å². The van der Waals surface area contributed by atoms with Crippen molar-refractivity contribution in [1.82, 2.24) is 0 Å². The molecule has 0 radical (unpaired) electrons. The van der Waals surface area contributed by atoms with Crippen LogP contribution in [0.4, 0.5) is 0 Å². The van der Waals surface area contributed by atoms with Gasteiger partial charge in [0.1, 0.15) is 0 Å². The lowest BCUT2D eigenvalue weighted by Crippen LogP contribution is -2.49. The van der Waals surface area contributed by atoms with Crippen LogP contribution in [0, 0.1) is 5.92 Å². The molecule has 30 heavy (non-hydrogen) atoms. The van der Waals surface area contributed by atoms with Gasteiger partial charge in [0, 0.05) is 17.9 Å². The summed E-state index contributed by atoms with van der Waals surface area (Å²) in [5.41, 5.74) is 4.43. The average Bonchev–Trinajstić information content (AvgIpc) is 2.61. The van der Waals surface area contributed by atoms with Crippen LogP contribution in [0.25, 0.3) is 0 Å². The number of carboxylic acids is 1. The van der Waals surface area contributed by atoms with Crippen LogP contribution in [0.15, 0.2) is 58.2 Å². The number of fused-ring (bicyclic) bond motifs is 1. The van der Waals surface area contributed by atoms with Crippen LogP contribution in [0.1, 0.15) is 60.3 Å². The van der Waals surface area contributed by atoms with Crippen LogP contribution in [-0.2, 0) is 19.1 Å². The van der Waals surface area contributed by atoms with E-state index in [-0.39, 0.29) is 23.9 Å². The van der Waals surface area contributed by atoms with Gasteiger partial charge in [0.05, 0.1) is 12.2 Å². The summed E-state index contributed by atoms with van der Waals surface area (Å²) >= 11 is 0. The van der Waals surface area contributed by atoms with Crippen LogP contribution < -0.4 is 0 Å². The Kier molecular flexibility index (Phi) is 6.63. The van der Waals surface area contributed by atoms with Crippen molar-refractivity contribution in [3.63, 3.8) is 0 Å². The number of hydrogen-bond donors (Lipinski definition) is 1. The van der Waals surface area contributed by atoms with Crippen molar-refractivity contribution in [2.45, 2.75) is 78.3 Å². The Morgan fingerprint density at radius 2 is 1.93 bits per heavy atom. The van der Waals surface area contributed by atoms with Gasteiger partial charge >= 0.3 is 5.97 Å². The van der Waals surface area contributed by atoms with Crippen molar-refractivity contribution in [2.75, 3.05) is 0 Å². The van der Waals surface area contributed by atoms with Gasteiger partial charge in [-0.05, 0) is 77.7 Å². The van der Waals surface area contributed by atoms with Crippen molar-refractivity contribution < 1.29 is 24.2 Å². The highest BCUT2D eigenvalue weighted by molar-refractivity contribution is 5.98. The van der Waals surface area contributed by atoms with Gasteiger partial charge in [-0.2, -0.15) is 0 Å². The summed E-state index contributed by atoms with van der Waals surface area (Å²) in [4.78, 5) is 24.1. The second kappa shape index (κ2) is 8.86. The number of ether oxygens (including phenoxy) is 2. The van der Waals surface area contributed by atoms with Crippen molar-refractivity contribution in [3.8, 4) is 0 Å². The molecule has 2 heterocycles. The standard InChI is InChI=1S/C25H32O5/c1-15(2)7-6-8-16(3)9-19-10-17(4)13-25(29-19)14-21(24(27)28)20-12-22(26)18(5)11-23(20)30-25/h7,9,11,13-14,19-20,23H,6,8,10,12H2,1-5H3,(H,27,28)/t19-,20-,23-,25+/m1/s1. The lowest BCUT2D eigenvalue weighted by atomic mass is 9.78. The van der Waals surface area contributed by atoms with Gasteiger partial charge in [-0.1, -0.05) is 28.9 Å². The van der Waals surface area contributed by atoms with E-state index in [0.29, 0.717) is 5.57 Å². The normalized spacial score (nSPS) is 31.5. The van der Waals surface area contributed by atoms with Gasteiger partial charge in [0.2, 0.25) is 5.79 Å². The smallest absolute Gasteiger partial charge is 0.331 e. The van der Waals surface area contributed by atoms with Crippen LogP contribution in [0.5, 0.6) is 0 Å². The number of aliphatic carboxylic acids is 1. The molecule has 162 valence electrons. The third-order valence-corrected chi connectivity index (χ3v) is 5.85. The Morgan fingerprint density at radius 1 is 1.20 bits per heavy atom. The predicted molar refractivity (Wildman–Crippen MR) is 116 cm³/mol. The van der Waals surface area contributed by atoms with Crippen LogP contribution >= 0.6 is 0 Å². The summed E-state index contributed by atoms with van der Waals surface area (Å²) < 4.78 is 12.6. The molecule has 1 N–H and O–H groups in total. The topological polar surface area (TPSA) is 72.8 Å². The lowest BCUT2D eigenvalue weighted by Gasteiger charge is -2.44. The Labute approximate surface area is 178 Å². The summed E-state index contributed by atoms with van der Waals surface area (Å²) in [6.45, 7) is 10.0. The molecule has 0 saturated carbocycles. The summed E-state index contributed by atoms with van der Waals surface area (Å²) in [5.74, 6) is -2.77. The maximum atomic E-state index is 12.1. The molecule has 1 aliphatic carbocycles. The molecule has 0 amide bonds. The maximum absolute atomic E-state index is 12.1. The van der Waals surface area contributed by atoms with E-state index in [1.807, 2.05) is 13.0 Å². The molecule has 0 saturated heterocycles. The van der Waals surface area contributed by atoms with Gasteiger partial charge in [-0.25, -0.2) is 4.79 Å². The predicted octanol–water partition coefficient (Wildman–Crippen LogP) is 5.06. The highest BCUT2D eigenvalue weighted by atomic mass is 16.7. The first kappa shape index (κ1) is 22.4. The first-order chi connectivity index (χ1) is 14.1. The van der Waals surface area contributed by atoms with Gasteiger partial charge in [-0.15, -0.1) is 0 Å². The number of carbonyl (C=O) groups is 2. The Hall–Kier alpha value is -2.24. The summed E-state index contributed by atoms with van der Waals surface area (Å²) in [7, 11) is 0. The van der Waals surface area contributed by atoms with E-state index in [0.717, 1.165) is 24.8 Å². The fraction of sp³-hybridized carbons (Fsp3) is 0.520. The molecule has 0 bridgehead atoms. The van der Waals surface area contributed by atoms with E-state index in [1.165, 1.54) is 11.1 Å². The SMILES string of the molecule is CC(C)=CCCC(C)=C[C@@H]1CC(C)=C[C@]2(C=C(C(=O)O)[C@H]3CC(=O)C(C)=C[C@H]3O2)O1. The lowest BCUT2D eigenvalue weighted by molar-refractivity contribution is -0.225. The van der Waals surface area contributed by atoms with Crippen molar-refractivity contribution >= 4 is 11.8 Å². The van der Waals surface area contributed by atoms with E-state index >= 15 is 0 Å². The molecule has 5 nitrogen and oxygen atoms in total. The van der Waals surface area contributed by atoms with E-state index in [4.69, 9.17) is 9.47 Å². The molecular formula is C25H32O5. The maximum Gasteiger partial charge on any atom is 0.331 e. The average molecular weight is 413 g/mol. The first-order valence-electron chi connectivity index (χ1n) is 10.6. The molecule has 0 aromatic carbocycles. The molecule has 0 fully saturated rings. The number of carbonyl (C=O) groups excluding carboxylic acids is 1. The zero-order valence-corrected chi connectivity index (χ0v) is 18.5. The van der Waals surface area contributed by atoms with Crippen LogP contribution in [-0.4, -0.2) is 34.9 Å². The Morgan fingerprint density at radius 3 is 2.60 bits per heavy atom. The first-order valence-corrected chi connectivity index (χ1v) is 10.6. The summed E-state index contributed by atoms with van der Waals surface area (Å²) in [6, 6.07) is 0. The quantitative estimate of drug-likeness (QED) is 0.639. The zero-order valence-electron chi connectivity index (χ0n) is 18.5. The highest BCUT2D eigenvalue weighted by Crippen LogP contribution is 2.42. The van der Waals surface area contributed by atoms with Crippen molar-refractivity contribution in [1.29, 1.82) is 0 Å². The Balaban J connectivity index is 1.88. The second-order valence-electron chi connectivity index (χ2n) is 8.98. The van der Waals surface area contributed by atoms with Gasteiger partial charge in [0.25, 0.3) is 0 Å². The van der Waals surface area contributed by atoms with Crippen LogP contribution in [0.3, 0.4) is 0 Å². The van der Waals surface area contributed by atoms with Gasteiger partial charge < -0.3 is 14.6 Å². The van der Waals surface area contributed by atoms with Gasteiger partial charge in [0.15, 0.2) is 5.78 Å². The van der Waals surface area contributed by atoms with E-state index in [9.17, 15) is 14.7 Å². The molecule has 1 spiro atoms.